The van der Waals surface area contributed by atoms with Crippen molar-refractivity contribution in [2.45, 2.75) is 32.0 Å². The van der Waals surface area contributed by atoms with Crippen LogP contribution >= 0.6 is 0 Å². The normalized spacial score (nSPS) is 17.5. The first-order valence-electron chi connectivity index (χ1n) is 10.4. The monoisotopic (exact) mass is 507 g/mol. The maximum Gasteiger partial charge on any atom is 0.407 e. The molecule has 1 aliphatic rings. The molecule has 0 radical (unpaired) electrons. The molecule has 1 aromatic carbocycles. The van der Waals surface area contributed by atoms with E-state index in [-0.39, 0.29) is 40.4 Å². The van der Waals surface area contributed by atoms with Crippen molar-refractivity contribution in [1.29, 1.82) is 0 Å². The summed E-state index contributed by atoms with van der Waals surface area (Å²) in [6.07, 6.45) is -4.99. The van der Waals surface area contributed by atoms with Crippen molar-refractivity contribution in [2.75, 3.05) is 11.1 Å². The largest absolute Gasteiger partial charge is 0.407 e. The number of nitrogens with one attached hydrogen (secondary N) is 1. The van der Waals surface area contributed by atoms with Gasteiger partial charge in [-0.05, 0) is 26.0 Å². The van der Waals surface area contributed by atoms with Gasteiger partial charge in [-0.1, -0.05) is 12.1 Å². The number of nitrogen functional groups attached to an aromatic ring is 1. The van der Waals surface area contributed by atoms with Gasteiger partial charge >= 0.3 is 6.18 Å². The number of anilines is 2. The van der Waals surface area contributed by atoms with E-state index in [4.69, 9.17) is 5.73 Å². The Labute approximate surface area is 198 Å². The number of halogens is 6. The third kappa shape index (κ3) is 3.27. The van der Waals surface area contributed by atoms with Crippen LogP contribution in [0.1, 0.15) is 23.7 Å². The number of pyridine rings is 1. The number of alkyl halides is 3. The lowest BCUT2D eigenvalue weighted by atomic mass is 9.84. The van der Waals surface area contributed by atoms with Crippen molar-refractivity contribution in [1.82, 2.24) is 24.7 Å². The molecular weight excluding hydrogens is 492 g/mol. The molecule has 8 nitrogen and oxygen atoms in total. The molecule has 0 fully saturated rings. The van der Waals surface area contributed by atoms with Crippen molar-refractivity contribution in [3.8, 4) is 11.5 Å². The van der Waals surface area contributed by atoms with Gasteiger partial charge in [0.05, 0.1) is 23.2 Å². The van der Waals surface area contributed by atoms with Crippen LogP contribution in [0.5, 0.6) is 0 Å². The highest BCUT2D eigenvalue weighted by Gasteiger charge is 2.63. The molecule has 3 N–H and O–H groups in total. The number of hydrogen-bond donors (Lipinski definition) is 2. The first kappa shape index (κ1) is 23.5. The summed E-state index contributed by atoms with van der Waals surface area (Å²) in [6, 6.07) is 4.61. The Morgan fingerprint density at radius 2 is 1.83 bits per heavy atom. The molecule has 36 heavy (non-hydrogen) atoms. The number of fused-ring (bicyclic) bond motifs is 2. The Kier molecular flexibility index (Phi) is 4.98. The smallest absolute Gasteiger partial charge is 0.383 e. The van der Waals surface area contributed by atoms with Crippen LogP contribution in [0.2, 0.25) is 0 Å². The summed E-state index contributed by atoms with van der Waals surface area (Å²) >= 11 is 0. The lowest BCUT2D eigenvalue weighted by Gasteiger charge is -2.25. The highest BCUT2D eigenvalue weighted by atomic mass is 19.4. The topological polar surface area (TPSA) is 112 Å². The second-order valence-corrected chi connectivity index (χ2v) is 8.38. The standard InChI is InChI=1S/C22H15F6N7O/c1-8-12(24)6-10-15(34-35(19(10)30-8)7-9-4-3-5-11(23)14(9)25)18-31-16(29)13-17(32-18)33-20(36)21(13,2)22(26,27)28/h3-6H,7H2,1-2H3,(H3,29,31,32,33,36). The molecule has 1 unspecified atom stereocenters. The molecular formula is C22H15F6N7O. The number of amides is 1. The maximum atomic E-state index is 14.4. The van der Waals surface area contributed by atoms with Crippen molar-refractivity contribution in [3.05, 3.63) is 58.5 Å². The van der Waals surface area contributed by atoms with E-state index in [2.05, 4.69) is 25.4 Å². The molecule has 3 aromatic heterocycles. The van der Waals surface area contributed by atoms with Gasteiger partial charge in [0.15, 0.2) is 28.5 Å². The number of hydrogen-bond acceptors (Lipinski definition) is 6. The molecule has 1 aliphatic heterocycles. The maximum absolute atomic E-state index is 14.4. The number of aromatic nitrogens is 5. The van der Waals surface area contributed by atoms with Crippen LogP contribution in [0, 0.1) is 24.4 Å². The molecule has 0 spiro atoms. The van der Waals surface area contributed by atoms with E-state index in [0.717, 1.165) is 16.8 Å². The quantitative estimate of drug-likeness (QED) is 0.406. The Bertz CT molecular complexity index is 1580. The van der Waals surface area contributed by atoms with E-state index in [1.165, 1.54) is 19.1 Å². The van der Waals surface area contributed by atoms with E-state index in [0.29, 0.717) is 6.92 Å². The Morgan fingerprint density at radius 3 is 2.53 bits per heavy atom. The molecule has 0 aliphatic carbocycles. The highest BCUT2D eigenvalue weighted by Crippen LogP contribution is 2.50. The summed E-state index contributed by atoms with van der Waals surface area (Å²) in [5, 5.41) is 6.37. The van der Waals surface area contributed by atoms with Gasteiger partial charge in [-0.15, -0.1) is 0 Å². The summed E-state index contributed by atoms with van der Waals surface area (Å²) in [5.74, 6) is -5.75. The second-order valence-electron chi connectivity index (χ2n) is 8.38. The number of carbonyl (C=O) groups excluding carboxylic acids is 1. The van der Waals surface area contributed by atoms with Crippen LogP contribution in [0.15, 0.2) is 24.3 Å². The fourth-order valence-electron chi connectivity index (χ4n) is 4.05. The third-order valence-electron chi connectivity index (χ3n) is 6.11. The van der Waals surface area contributed by atoms with E-state index in [1.54, 1.807) is 0 Å². The summed E-state index contributed by atoms with van der Waals surface area (Å²) in [5.41, 5.74) is 2.04. The van der Waals surface area contributed by atoms with Gasteiger partial charge in [0.1, 0.15) is 23.1 Å². The molecule has 14 heteroatoms. The number of benzene rings is 1. The Hall–Kier alpha value is -4.23. The van der Waals surface area contributed by atoms with Crippen LogP contribution in [0.25, 0.3) is 22.6 Å². The minimum Gasteiger partial charge on any atom is -0.383 e. The molecule has 0 saturated carbocycles. The van der Waals surface area contributed by atoms with Crippen LogP contribution < -0.4 is 11.1 Å². The van der Waals surface area contributed by atoms with Crippen molar-refractivity contribution < 1.29 is 31.1 Å². The number of nitrogens with two attached hydrogens (primary N) is 1. The van der Waals surface area contributed by atoms with Gasteiger partial charge in [0.25, 0.3) is 0 Å². The zero-order chi connectivity index (χ0) is 26.2. The van der Waals surface area contributed by atoms with Gasteiger partial charge in [0, 0.05) is 5.56 Å². The second kappa shape index (κ2) is 7.63. The predicted molar refractivity (Wildman–Crippen MR) is 115 cm³/mol. The minimum absolute atomic E-state index is 0.0162. The molecule has 0 saturated heterocycles. The van der Waals surface area contributed by atoms with Crippen LogP contribution in [-0.2, 0) is 16.8 Å². The summed E-state index contributed by atoms with van der Waals surface area (Å²) in [4.78, 5) is 24.3. The number of carbonyl (C=O) groups is 1. The fourth-order valence-corrected chi connectivity index (χ4v) is 4.05. The van der Waals surface area contributed by atoms with Crippen molar-refractivity contribution in [3.63, 3.8) is 0 Å². The molecule has 1 atom stereocenters. The lowest BCUT2D eigenvalue weighted by Crippen LogP contribution is -2.45. The van der Waals surface area contributed by atoms with Gasteiger partial charge in [0.2, 0.25) is 5.91 Å². The van der Waals surface area contributed by atoms with E-state index < -0.39 is 52.1 Å². The van der Waals surface area contributed by atoms with E-state index in [1.807, 2.05) is 0 Å². The van der Waals surface area contributed by atoms with E-state index in [9.17, 15) is 31.1 Å². The molecule has 4 heterocycles. The average Bonchev–Trinajstić information content (AvgIpc) is 3.26. The summed E-state index contributed by atoms with van der Waals surface area (Å²) < 4.78 is 84.8. The van der Waals surface area contributed by atoms with Gasteiger partial charge in [-0.3, -0.25) is 4.79 Å². The minimum atomic E-state index is -4.99. The van der Waals surface area contributed by atoms with Crippen molar-refractivity contribution in [2.24, 2.45) is 0 Å². The average molecular weight is 507 g/mol. The number of nitrogens with zero attached hydrogens (tertiary/aromatic N) is 5. The zero-order valence-electron chi connectivity index (χ0n) is 18.5. The van der Waals surface area contributed by atoms with Crippen LogP contribution in [0.4, 0.5) is 38.0 Å². The molecule has 5 rings (SSSR count). The lowest BCUT2D eigenvalue weighted by molar-refractivity contribution is -0.186. The van der Waals surface area contributed by atoms with Crippen LogP contribution in [-0.4, -0.2) is 36.8 Å². The molecule has 0 bridgehead atoms. The Balaban J connectivity index is 1.71. The first-order valence-corrected chi connectivity index (χ1v) is 10.4. The summed E-state index contributed by atoms with van der Waals surface area (Å²) in [6.45, 7) is 1.72. The SMILES string of the molecule is Cc1nc2c(cc1F)c(-c1nc(N)c3c(n1)NC(=O)C3(C)C(F)(F)F)nn2Cc1cccc(F)c1F. The van der Waals surface area contributed by atoms with E-state index >= 15 is 0 Å². The molecule has 4 aromatic rings. The zero-order valence-corrected chi connectivity index (χ0v) is 18.5. The number of aryl methyl sites for hydroxylation is 1. The molecule has 186 valence electrons. The molecule has 1 amide bonds. The van der Waals surface area contributed by atoms with Gasteiger partial charge in [-0.25, -0.2) is 32.8 Å². The van der Waals surface area contributed by atoms with Crippen molar-refractivity contribution >= 4 is 28.6 Å². The van der Waals surface area contributed by atoms with Crippen LogP contribution in [0.3, 0.4) is 0 Å². The number of rotatable bonds is 3. The Morgan fingerprint density at radius 1 is 1.11 bits per heavy atom. The summed E-state index contributed by atoms with van der Waals surface area (Å²) in [7, 11) is 0. The van der Waals surface area contributed by atoms with Gasteiger partial charge in [-0.2, -0.15) is 18.3 Å². The van der Waals surface area contributed by atoms with Gasteiger partial charge < -0.3 is 11.1 Å². The highest BCUT2D eigenvalue weighted by molar-refractivity contribution is 6.07. The third-order valence-corrected chi connectivity index (χ3v) is 6.11. The fraction of sp³-hybridized carbons (Fsp3) is 0.227. The predicted octanol–water partition coefficient (Wildman–Crippen LogP) is 4.02. The first-order chi connectivity index (χ1) is 16.8.